The SMILES string of the molecule is Cc1ccc(Cl)cc1-n1cc(CCO)c(C(=O)O)n1. The van der Waals surface area contributed by atoms with Crippen molar-refractivity contribution in [3.05, 3.63) is 46.2 Å². The van der Waals surface area contributed by atoms with Crippen molar-refractivity contribution in [2.75, 3.05) is 6.61 Å². The summed E-state index contributed by atoms with van der Waals surface area (Å²) in [5.74, 6) is -1.11. The van der Waals surface area contributed by atoms with Crippen molar-refractivity contribution >= 4 is 17.6 Å². The Bertz CT molecular complexity index is 622. The minimum absolute atomic E-state index is 0.0478. The third-order valence-corrected chi connectivity index (χ3v) is 3.03. The number of carboxylic acids is 1. The molecule has 0 bridgehead atoms. The molecule has 2 N–H and O–H groups in total. The molecule has 0 saturated heterocycles. The molecule has 100 valence electrons. The number of carbonyl (C=O) groups is 1. The summed E-state index contributed by atoms with van der Waals surface area (Å²) in [6.07, 6.45) is 1.86. The summed E-state index contributed by atoms with van der Waals surface area (Å²) >= 11 is 5.94. The first-order valence-electron chi connectivity index (χ1n) is 5.72. The van der Waals surface area contributed by atoms with Crippen LogP contribution < -0.4 is 0 Å². The number of hydrogen-bond donors (Lipinski definition) is 2. The standard InChI is InChI=1S/C13H13ClN2O3/c1-8-2-3-10(14)6-11(8)16-7-9(4-5-17)12(15-16)13(18)19/h2-3,6-7,17H,4-5H2,1H3,(H,18,19). The Balaban J connectivity index is 2.53. The lowest BCUT2D eigenvalue weighted by Gasteiger charge is -2.05. The molecule has 1 aromatic heterocycles. The maximum atomic E-state index is 11.1. The summed E-state index contributed by atoms with van der Waals surface area (Å²) in [5, 5.41) is 22.6. The second kappa shape index (κ2) is 5.42. The lowest BCUT2D eigenvalue weighted by atomic mass is 10.2. The highest BCUT2D eigenvalue weighted by atomic mass is 35.5. The highest BCUT2D eigenvalue weighted by Gasteiger charge is 2.16. The van der Waals surface area contributed by atoms with Crippen molar-refractivity contribution in [1.29, 1.82) is 0 Å². The van der Waals surface area contributed by atoms with Crippen LogP contribution in [-0.2, 0) is 6.42 Å². The highest BCUT2D eigenvalue weighted by Crippen LogP contribution is 2.20. The van der Waals surface area contributed by atoms with E-state index in [0.29, 0.717) is 10.6 Å². The molecule has 5 nitrogen and oxygen atoms in total. The molecule has 0 radical (unpaired) electrons. The minimum Gasteiger partial charge on any atom is -0.476 e. The molecular formula is C13H13ClN2O3. The summed E-state index contributed by atoms with van der Waals surface area (Å²) in [7, 11) is 0. The van der Waals surface area contributed by atoms with Crippen LogP contribution in [-0.4, -0.2) is 32.6 Å². The number of carboxylic acid groups (broad SMARTS) is 1. The number of aliphatic hydroxyl groups excluding tert-OH is 1. The molecule has 2 aromatic rings. The molecule has 1 aromatic carbocycles. The van der Waals surface area contributed by atoms with Gasteiger partial charge in [0.05, 0.1) is 5.69 Å². The second-order valence-electron chi connectivity index (χ2n) is 4.16. The number of nitrogens with zero attached hydrogens (tertiary/aromatic N) is 2. The van der Waals surface area contributed by atoms with E-state index >= 15 is 0 Å². The topological polar surface area (TPSA) is 75.4 Å². The van der Waals surface area contributed by atoms with E-state index in [4.69, 9.17) is 21.8 Å². The van der Waals surface area contributed by atoms with Crippen molar-refractivity contribution in [3.8, 4) is 5.69 Å². The van der Waals surface area contributed by atoms with E-state index < -0.39 is 5.97 Å². The summed E-state index contributed by atoms with van der Waals surface area (Å²) in [4.78, 5) is 11.1. The Morgan fingerprint density at radius 1 is 1.47 bits per heavy atom. The van der Waals surface area contributed by atoms with Crippen LogP contribution in [0.5, 0.6) is 0 Å². The van der Waals surface area contributed by atoms with E-state index in [1.54, 1.807) is 18.3 Å². The minimum atomic E-state index is -1.11. The molecule has 0 aliphatic rings. The Hall–Kier alpha value is -1.85. The fourth-order valence-electron chi connectivity index (χ4n) is 1.85. The number of rotatable bonds is 4. The molecule has 0 aliphatic heterocycles. The first kappa shape index (κ1) is 13.6. The molecule has 2 rings (SSSR count). The molecule has 0 unspecified atom stereocenters. The van der Waals surface area contributed by atoms with Gasteiger partial charge in [-0.1, -0.05) is 17.7 Å². The monoisotopic (exact) mass is 280 g/mol. The number of aryl methyl sites for hydroxylation is 1. The third-order valence-electron chi connectivity index (χ3n) is 2.79. The van der Waals surface area contributed by atoms with Crippen LogP contribution in [0, 0.1) is 6.92 Å². The van der Waals surface area contributed by atoms with E-state index in [2.05, 4.69) is 5.10 Å². The predicted octanol–water partition coefficient (Wildman–Crippen LogP) is 2.07. The van der Waals surface area contributed by atoms with Gasteiger partial charge in [0.2, 0.25) is 0 Å². The van der Waals surface area contributed by atoms with Gasteiger partial charge >= 0.3 is 5.97 Å². The van der Waals surface area contributed by atoms with Gasteiger partial charge < -0.3 is 10.2 Å². The van der Waals surface area contributed by atoms with E-state index in [9.17, 15) is 4.79 Å². The van der Waals surface area contributed by atoms with Gasteiger partial charge in [0.25, 0.3) is 0 Å². The van der Waals surface area contributed by atoms with Gasteiger partial charge in [0.15, 0.2) is 5.69 Å². The van der Waals surface area contributed by atoms with E-state index in [0.717, 1.165) is 11.3 Å². The molecular weight excluding hydrogens is 268 g/mol. The van der Waals surface area contributed by atoms with Crippen molar-refractivity contribution in [3.63, 3.8) is 0 Å². The molecule has 0 amide bonds. The van der Waals surface area contributed by atoms with Crippen molar-refractivity contribution in [2.45, 2.75) is 13.3 Å². The largest absolute Gasteiger partial charge is 0.476 e. The smallest absolute Gasteiger partial charge is 0.356 e. The fourth-order valence-corrected chi connectivity index (χ4v) is 2.01. The van der Waals surface area contributed by atoms with Crippen LogP contribution in [0.4, 0.5) is 0 Å². The van der Waals surface area contributed by atoms with Crippen molar-refractivity contribution in [1.82, 2.24) is 9.78 Å². The molecule has 19 heavy (non-hydrogen) atoms. The number of aliphatic hydroxyl groups is 1. The maximum Gasteiger partial charge on any atom is 0.356 e. The van der Waals surface area contributed by atoms with Crippen LogP contribution in [0.1, 0.15) is 21.6 Å². The molecule has 0 fully saturated rings. The molecule has 0 spiro atoms. The Labute approximate surface area is 115 Å². The second-order valence-corrected chi connectivity index (χ2v) is 4.59. The van der Waals surface area contributed by atoms with Crippen LogP contribution in [0.2, 0.25) is 5.02 Å². The Kier molecular flexibility index (Phi) is 3.87. The number of hydrogen-bond acceptors (Lipinski definition) is 3. The average Bonchev–Trinajstić information content (AvgIpc) is 2.77. The summed E-state index contributed by atoms with van der Waals surface area (Å²) in [6.45, 7) is 1.76. The van der Waals surface area contributed by atoms with Gasteiger partial charge in [0.1, 0.15) is 0 Å². The predicted molar refractivity (Wildman–Crippen MR) is 71.1 cm³/mol. The van der Waals surface area contributed by atoms with Crippen molar-refractivity contribution in [2.24, 2.45) is 0 Å². The Morgan fingerprint density at radius 2 is 2.21 bits per heavy atom. The third kappa shape index (κ3) is 2.77. The number of aromatic carboxylic acids is 1. The quantitative estimate of drug-likeness (QED) is 0.899. The zero-order valence-electron chi connectivity index (χ0n) is 10.3. The Morgan fingerprint density at radius 3 is 2.84 bits per heavy atom. The number of halogens is 1. The van der Waals surface area contributed by atoms with Crippen LogP contribution in [0.3, 0.4) is 0 Å². The zero-order chi connectivity index (χ0) is 14.0. The summed E-state index contributed by atoms with van der Waals surface area (Å²) in [6, 6.07) is 5.32. The molecule has 0 aliphatic carbocycles. The highest BCUT2D eigenvalue weighted by molar-refractivity contribution is 6.30. The van der Waals surface area contributed by atoms with Gasteiger partial charge in [-0.05, 0) is 31.0 Å². The lowest BCUT2D eigenvalue weighted by molar-refractivity contribution is 0.0688. The zero-order valence-corrected chi connectivity index (χ0v) is 11.1. The summed E-state index contributed by atoms with van der Waals surface area (Å²) in [5.41, 5.74) is 2.10. The van der Waals surface area contributed by atoms with E-state index in [-0.39, 0.29) is 18.7 Å². The van der Waals surface area contributed by atoms with Gasteiger partial charge in [0, 0.05) is 23.4 Å². The van der Waals surface area contributed by atoms with E-state index in [1.807, 2.05) is 13.0 Å². The average molecular weight is 281 g/mol. The normalized spacial score (nSPS) is 10.7. The lowest BCUT2D eigenvalue weighted by Crippen LogP contribution is -2.04. The first-order valence-corrected chi connectivity index (χ1v) is 6.10. The fraction of sp³-hybridized carbons (Fsp3) is 0.231. The maximum absolute atomic E-state index is 11.1. The van der Waals surface area contributed by atoms with Crippen LogP contribution in [0.25, 0.3) is 5.69 Å². The number of benzene rings is 1. The van der Waals surface area contributed by atoms with Gasteiger partial charge in [-0.25, -0.2) is 9.48 Å². The molecule has 0 atom stereocenters. The van der Waals surface area contributed by atoms with Crippen molar-refractivity contribution < 1.29 is 15.0 Å². The summed E-state index contributed by atoms with van der Waals surface area (Å²) < 4.78 is 1.48. The molecule has 1 heterocycles. The van der Waals surface area contributed by atoms with Gasteiger partial charge in [-0.3, -0.25) is 0 Å². The molecule has 6 heteroatoms. The molecule has 0 saturated carbocycles. The van der Waals surface area contributed by atoms with Gasteiger partial charge in [-0.2, -0.15) is 5.10 Å². The van der Waals surface area contributed by atoms with Gasteiger partial charge in [-0.15, -0.1) is 0 Å². The van der Waals surface area contributed by atoms with Crippen LogP contribution in [0.15, 0.2) is 24.4 Å². The van der Waals surface area contributed by atoms with Crippen LogP contribution >= 0.6 is 11.6 Å². The number of aromatic nitrogens is 2. The first-order chi connectivity index (χ1) is 9.02. The van der Waals surface area contributed by atoms with E-state index in [1.165, 1.54) is 4.68 Å².